The molecule has 1 aromatic heterocycles. The average Bonchev–Trinajstić information content (AvgIpc) is 2.86. The number of ketones is 1. The highest BCUT2D eigenvalue weighted by Crippen LogP contribution is 2.22. The van der Waals surface area contributed by atoms with Crippen LogP contribution in [0, 0.1) is 0 Å². The summed E-state index contributed by atoms with van der Waals surface area (Å²) in [6, 6.07) is 7.17. The van der Waals surface area contributed by atoms with Gasteiger partial charge in [-0.1, -0.05) is 37.6 Å². The van der Waals surface area contributed by atoms with E-state index in [0.717, 1.165) is 12.8 Å². The third-order valence-electron chi connectivity index (χ3n) is 3.01. The molecule has 0 radical (unpaired) electrons. The SMILES string of the molecule is CCCOc1cccc(C(=O)c2c(Cl)cnn2CCC)c1. The standard InChI is InChI=1S/C16H19ClN2O2/c1-3-8-19-15(14(17)11-18-19)16(20)12-6-5-7-13(10-12)21-9-4-2/h5-7,10-11H,3-4,8-9H2,1-2H3. The van der Waals surface area contributed by atoms with Crippen molar-refractivity contribution >= 4 is 17.4 Å². The van der Waals surface area contributed by atoms with Gasteiger partial charge in [0.25, 0.3) is 0 Å². The Morgan fingerprint density at radius 2 is 2.14 bits per heavy atom. The summed E-state index contributed by atoms with van der Waals surface area (Å²) in [5.41, 5.74) is 0.995. The number of nitrogens with zero attached hydrogens (tertiary/aromatic N) is 2. The van der Waals surface area contributed by atoms with Crippen LogP contribution in [0.2, 0.25) is 5.02 Å². The van der Waals surface area contributed by atoms with Crippen LogP contribution >= 0.6 is 11.6 Å². The van der Waals surface area contributed by atoms with Gasteiger partial charge in [0.2, 0.25) is 5.78 Å². The molecule has 0 N–H and O–H groups in total. The van der Waals surface area contributed by atoms with Crippen molar-refractivity contribution in [3.8, 4) is 5.75 Å². The van der Waals surface area contributed by atoms with Crippen molar-refractivity contribution < 1.29 is 9.53 Å². The average molecular weight is 307 g/mol. The Bertz CT molecular complexity index is 622. The molecule has 0 aliphatic heterocycles. The summed E-state index contributed by atoms with van der Waals surface area (Å²) in [7, 11) is 0. The number of benzene rings is 1. The number of carbonyl (C=O) groups is 1. The highest BCUT2D eigenvalue weighted by molar-refractivity contribution is 6.34. The first-order valence-electron chi connectivity index (χ1n) is 7.16. The van der Waals surface area contributed by atoms with Crippen LogP contribution in [-0.2, 0) is 6.54 Å². The number of ether oxygens (including phenoxy) is 1. The summed E-state index contributed by atoms with van der Waals surface area (Å²) in [5, 5.41) is 4.54. The predicted octanol–water partition coefficient (Wildman–Crippen LogP) is 3.97. The first-order chi connectivity index (χ1) is 10.2. The van der Waals surface area contributed by atoms with Crippen molar-refractivity contribution in [3.05, 3.63) is 46.7 Å². The summed E-state index contributed by atoms with van der Waals surface area (Å²) in [6.45, 7) is 5.37. The highest BCUT2D eigenvalue weighted by atomic mass is 35.5. The molecule has 2 rings (SSSR count). The van der Waals surface area contributed by atoms with Crippen LogP contribution in [0.5, 0.6) is 5.75 Å². The number of aromatic nitrogens is 2. The Balaban J connectivity index is 2.29. The molecule has 1 aromatic carbocycles. The molecule has 0 saturated heterocycles. The summed E-state index contributed by atoms with van der Waals surface area (Å²) in [4.78, 5) is 12.6. The van der Waals surface area contributed by atoms with E-state index < -0.39 is 0 Å². The number of aryl methyl sites for hydroxylation is 1. The van der Waals surface area contributed by atoms with Crippen LogP contribution in [0.1, 0.15) is 42.7 Å². The van der Waals surface area contributed by atoms with Gasteiger partial charge in [-0.25, -0.2) is 0 Å². The molecule has 4 nitrogen and oxygen atoms in total. The number of hydrogen-bond acceptors (Lipinski definition) is 3. The fourth-order valence-electron chi connectivity index (χ4n) is 2.05. The largest absolute Gasteiger partial charge is 0.494 e. The molecule has 0 atom stereocenters. The van der Waals surface area contributed by atoms with E-state index in [1.165, 1.54) is 6.20 Å². The molecule has 0 fully saturated rings. The lowest BCUT2D eigenvalue weighted by Gasteiger charge is -2.08. The normalized spacial score (nSPS) is 10.6. The van der Waals surface area contributed by atoms with Crippen molar-refractivity contribution in [2.24, 2.45) is 0 Å². The van der Waals surface area contributed by atoms with Gasteiger partial charge in [-0.05, 0) is 25.0 Å². The first-order valence-corrected chi connectivity index (χ1v) is 7.54. The van der Waals surface area contributed by atoms with E-state index in [9.17, 15) is 4.79 Å². The quantitative estimate of drug-likeness (QED) is 0.727. The van der Waals surface area contributed by atoms with Crippen molar-refractivity contribution in [1.29, 1.82) is 0 Å². The Kier molecular flexibility index (Phi) is 5.39. The predicted molar refractivity (Wildman–Crippen MR) is 83.2 cm³/mol. The Morgan fingerprint density at radius 1 is 1.33 bits per heavy atom. The Labute approximate surface area is 129 Å². The van der Waals surface area contributed by atoms with Crippen LogP contribution in [0.25, 0.3) is 0 Å². The third-order valence-corrected chi connectivity index (χ3v) is 3.29. The zero-order valence-electron chi connectivity index (χ0n) is 12.3. The van der Waals surface area contributed by atoms with E-state index in [2.05, 4.69) is 5.10 Å². The van der Waals surface area contributed by atoms with Crippen LogP contribution in [-0.4, -0.2) is 22.2 Å². The molecule has 0 unspecified atom stereocenters. The molecule has 5 heteroatoms. The molecule has 0 aliphatic carbocycles. The van der Waals surface area contributed by atoms with Gasteiger partial charge in [0.05, 0.1) is 17.8 Å². The minimum absolute atomic E-state index is 0.132. The fraction of sp³-hybridized carbons (Fsp3) is 0.375. The lowest BCUT2D eigenvalue weighted by atomic mass is 10.1. The minimum atomic E-state index is -0.132. The maximum Gasteiger partial charge on any atom is 0.212 e. The smallest absolute Gasteiger partial charge is 0.212 e. The van der Waals surface area contributed by atoms with E-state index in [0.29, 0.717) is 35.2 Å². The van der Waals surface area contributed by atoms with Crippen LogP contribution in [0.4, 0.5) is 0 Å². The van der Waals surface area contributed by atoms with Gasteiger partial charge in [-0.2, -0.15) is 5.10 Å². The van der Waals surface area contributed by atoms with Crippen molar-refractivity contribution in [2.45, 2.75) is 33.2 Å². The number of halogens is 1. The van der Waals surface area contributed by atoms with Crippen LogP contribution in [0.15, 0.2) is 30.5 Å². The summed E-state index contributed by atoms with van der Waals surface area (Å²) >= 11 is 6.11. The molecule has 0 aliphatic rings. The Hall–Kier alpha value is -1.81. The zero-order valence-corrected chi connectivity index (χ0v) is 13.1. The third kappa shape index (κ3) is 3.64. The van der Waals surface area contributed by atoms with Crippen molar-refractivity contribution in [3.63, 3.8) is 0 Å². The summed E-state index contributed by atoms with van der Waals surface area (Å²) in [5.74, 6) is 0.563. The van der Waals surface area contributed by atoms with Crippen molar-refractivity contribution in [1.82, 2.24) is 9.78 Å². The lowest BCUT2D eigenvalue weighted by molar-refractivity contribution is 0.102. The maximum atomic E-state index is 12.6. The molecule has 0 saturated carbocycles. The molecule has 112 valence electrons. The van der Waals surface area contributed by atoms with E-state index >= 15 is 0 Å². The molecule has 21 heavy (non-hydrogen) atoms. The van der Waals surface area contributed by atoms with Gasteiger partial charge in [0.1, 0.15) is 11.4 Å². The van der Waals surface area contributed by atoms with Gasteiger partial charge in [0, 0.05) is 12.1 Å². The molecule has 0 amide bonds. The molecular weight excluding hydrogens is 288 g/mol. The molecular formula is C16H19ClN2O2. The lowest BCUT2D eigenvalue weighted by Crippen LogP contribution is -2.12. The Morgan fingerprint density at radius 3 is 2.86 bits per heavy atom. The van der Waals surface area contributed by atoms with E-state index in [1.54, 1.807) is 16.8 Å². The first kappa shape index (κ1) is 15.6. The molecule has 0 spiro atoms. The second kappa shape index (κ2) is 7.27. The molecule has 0 bridgehead atoms. The van der Waals surface area contributed by atoms with E-state index in [4.69, 9.17) is 16.3 Å². The maximum absolute atomic E-state index is 12.6. The van der Waals surface area contributed by atoms with Crippen molar-refractivity contribution in [2.75, 3.05) is 6.61 Å². The van der Waals surface area contributed by atoms with Gasteiger partial charge in [-0.15, -0.1) is 0 Å². The summed E-state index contributed by atoms with van der Waals surface area (Å²) in [6.07, 6.45) is 3.33. The van der Waals surface area contributed by atoms with E-state index in [1.807, 2.05) is 26.0 Å². The van der Waals surface area contributed by atoms with Gasteiger partial charge in [0.15, 0.2) is 0 Å². The second-order valence-electron chi connectivity index (χ2n) is 4.77. The van der Waals surface area contributed by atoms with Gasteiger partial charge in [-0.3, -0.25) is 9.48 Å². The number of hydrogen-bond donors (Lipinski definition) is 0. The van der Waals surface area contributed by atoms with E-state index in [-0.39, 0.29) is 5.78 Å². The van der Waals surface area contributed by atoms with Crippen LogP contribution in [0.3, 0.4) is 0 Å². The van der Waals surface area contributed by atoms with Gasteiger partial charge >= 0.3 is 0 Å². The fourth-order valence-corrected chi connectivity index (χ4v) is 2.28. The number of carbonyl (C=O) groups excluding carboxylic acids is 1. The minimum Gasteiger partial charge on any atom is -0.494 e. The van der Waals surface area contributed by atoms with Gasteiger partial charge < -0.3 is 4.74 Å². The second-order valence-corrected chi connectivity index (χ2v) is 5.18. The molecule has 2 aromatic rings. The molecule has 1 heterocycles. The topological polar surface area (TPSA) is 44.1 Å². The zero-order chi connectivity index (χ0) is 15.2. The highest BCUT2D eigenvalue weighted by Gasteiger charge is 2.19. The number of rotatable bonds is 7. The monoisotopic (exact) mass is 306 g/mol. The summed E-state index contributed by atoms with van der Waals surface area (Å²) < 4.78 is 7.22. The van der Waals surface area contributed by atoms with Crippen LogP contribution < -0.4 is 4.74 Å².